The van der Waals surface area contributed by atoms with E-state index in [1.807, 2.05) is 0 Å². The van der Waals surface area contributed by atoms with Crippen LogP contribution in [0.25, 0.3) is 0 Å². The molecular formula is C28H43N9O7. The first-order chi connectivity index (χ1) is 20.9. The van der Waals surface area contributed by atoms with Crippen LogP contribution in [-0.2, 0) is 35.2 Å². The zero-order chi connectivity index (χ0) is 32.6. The van der Waals surface area contributed by atoms with Crippen molar-refractivity contribution < 1.29 is 33.9 Å². The molecule has 0 radical (unpaired) electrons. The molecule has 242 valence electrons. The Morgan fingerprint density at radius 1 is 0.909 bits per heavy atom. The van der Waals surface area contributed by atoms with E-state index in [2.05, 4.69) is 26.3 Å². The third kappa shape index (κ3) is 11.9. The molecule has 0 bridgehead atoms. The Bertz CT molecular complexity index is 1190. The Morgan fingerprint density at radius 2 is 1.59 bits per heavy atom. The summed E-state index contributed by atoms with van der Waals surface area (Å²) >= 11 is 0. The highest BCUT2D eigenvalue weighted by Crippen LogP contribution is 2.14. The lowest BCUT2D eigenvalue weighted by Crippen LogP contribution is -2.58. The van der Waals surface area contributed by atoms with Crippen molar-refractivity contribution in [2.24, 2.45) is 22.2 Å². The lowest BCUT2D eigenvalue weighted by atomic mass is 10.0. The van der Waals surface area contributed by atoms with Crippen molar-refractivity contribution in [2.75, 3.05) is 26.7 Å². The minimum Gasteiger partial charge on any atom is -0.481 e. The number of carbonyl (C=O) groups is 6. The Hall–Kier alpha value is -4.73. The van der Waals surface area contributed by atoms with Gasteiger partial charge in [0.1, 0.15) is 24.2 Å². The second kappa shape index (κ2) is 18.0. The first-order valence-electron chi connectivity index (χ1n) is 14.4. The molecule has 0 aliphatic carbocycles. The second-order valence-electron chi connectivity index (χ2n) is 10.4. The molecule has 16 nitrogen and oxygen atoms in total. The molecule has 1 aliphatic heterocycles. The minimum absolute atomic E-state index is 0.0219. The van der Waals surface area contributed by atoms with Crippen LogP contribution in [0.2, 0.25) is 0 Å². The molecule has 2 rings (SSSR count). The Balaban J connectivity index is 2.51. The lowest BCUT2D eigenvalue weighted by Gasteiger charge is -2.32. The number of carboxylic acids is 1. The molecule has 0 saturated carbocycles. The summed E-state index contributed by atoms with van der Waals surface area (Å²) in [6.45, 7) is -0.0676. The molecule has 1 aliphatic rings. The number of hydrogen-bond acceptors (Lipinski definition) is 8. The fourth-order valence-corrected chi connectivity index (χ4v) is 4.66. The van der Waals surface area contributed by atoms with Gasteiger partial charge in [0.15, 0.2) is 5.96 Å². The van der Waals surface area contributed by atoms with Crippen LogP contribution in [-0.4, -0.2) is 102 Å². The summed E-state index contributed by atoms with van der Waals surface area (Å²) in [4.78, 5) is 83.3. The lowest BCUT2D eigenvalue weighted by molar-refractivity contribution is -0.143. The number of hydrogen-bond donors (Lipinski definition) is 8. The quantitative estimate of drug-likeness (QED) is 0.0683. The van der Waals surface area contributed by atoms with E-state index in [0.29, 0.717) is 31.4 Å². The summed E-state index contributed by atoms with van der Waals surface area (Å²) in [5.41, 5.74) is 17.1. The maximum absolute atomic E-state index is 13.9. The molecular weight excluding hydrogens is 574 g/mol. The Kier molecular flexibility index (Phi) is 14.5. The number of amides is 5. The fraction of sp³-hybridized carbons (Fsp3) is 0.536. The van der Waals surface area contributed by atoms with Gasteiger partial charge in [-0.05, 0) is 44.2 Å². The number of rotatable bonds is 12. The van der Waals surface area contributed by atoms with Gasteiger partial charge >= 0.3 is 5.97 Å². The topological polar surface area (TPSA) is 264 Å². The third-order valence-electron chi connectivity index (χ3n) is 6.98. The number of benzene rings is 1. The summed E-state index contributed by atoms with van der Waals surface area (Å²) in [5.74, 6) is -5.21. The number of likely N-dealkylation sites (N-methyl/N-ethyl adjacent to an activating group) is 1. The van der Waals surface area contributed by atoms with Crippen LogP contribution < -0.4 is 38.5 Å². The fourth-order valence-electron chi connectivity index (χ4n) is 4.66. The Morgan fingerprint density at radius 3 is 2.23 bits per heavy atom. The van der Waals surface area contributed by atoms with Gasteiger partial charge in [0.2, 0.25) is 29.5 Å². The van der Waals surface area contributed by atoms with Gasteiger partial charge in [-0.15, -0.1) is 0 Å². The normalized spacial score (nSPS) is 22.0. The van der Waals surface area contributed by atoms with E-state index in [1.165, 1.54) is 11.9 Å². The maximum atomic E-state index is 13.9. The first kappa shape index (κ1) is 35.5. The van der Waals surface area contributed by atoms with Gasteiger partial charge in [0.25, 0.3) is 0 Å². The van der Waals surface area contributed by atoms with Crippen molar-refractivity contribution >= 4 is 41.5 Å². The molecule has 44 heavy (non-hydrogen) atoms. The van der Waals surface area contributed by atoms with E-state index in [0.717, 1.165) is 0 Å². The van der Waals surface area contributed by atoms with Gasteiger partial charge in [-0.2, -0.15) is 0 Å². The van der Waals surface area contributed by atoms with Crippen molar-refractivity contribution in [3.8, 4) is 0 Å². The van der Waals surface area contributed by atoms with Crippen molar-refractivity contribution in [3.05, 3.63) is 35.9 Å². The largest absolute Gasteiger partial charge is 0.481 e. The molecule has 5 amide bonds. The van der Waals surface area contributed by atoms with E-state index >= 15 is 0 Å². The van der Waals surface area contributed by atoms with E-state index in [1.54, 1.807) is 30.3 Å². The van der Waals surface area contributed by atoms with Gasteiger partial charge < -0.3 is 48.5 Å². The molecule has 0 unspecified atom stereocenters. The van der Waals surface area contributed by atoms with E-state index < -0.39 is 72.6 Å². The van der Waals surface area contributed by atoms with E-state index in [9.17, 15) is 33.9 Å². The van der Waals surface area contributed by atoms with Crippen LogP contribution in [0.5, 0.6) is 0 Å². The predicted molar refractivity (Wildman–Crippen MR) is 161 cm³/mol. The van der Waals surface area contributed by atoms with Gasteiger partial charge in [-0.25, -0.2) is 0 Å². The molecule has 1 fully saturated rings. The molecule has 1 aromatic carbocycles. The van der Waals surface area contributed by atoms with Crippen molar-refractivity contribution in [2.45, 2.75) is 69.1 Å². The molecule has 16 heteroatoms. The summed E-state index contributed by atoms with van der Waals surface area (Å²) in [5, 5.41) is 19.4. The summed E-state index contributed by atoms with van der Waals surface area (Å²) < 4.78 is 0. The molecule has 1 saturated heterocycles. The Labute approximate surface area is 255 Å². The van der Waals surface area contributed by atoms with Crippen molar-refractivity contribution in [1.29, 1.82) is 0 Å². The monoisotopic (exact) mass is 617 g/mol. The zero-order valence-electron chi connectivity index (χ0n) is 24.8. The van der Waals surface area contributed by atoms with Crippen LogP contribution in [0.15, 0.2) is 35.3 Å². The number of aliphatic imine (C=N–C) groups is 1. The van der Waals surface area contributed by atoms with Crippen LogP contribution in [0, 0.1) is 0 Å². The van der Waals surface area contributed by atoms with E-state index in [4.69, 9.17) is 17.2 Å². The molecule has 1 aromatic rings. The smallest absolute Gasteiger partial charge is 0.305 e. The third-order valence-corrected chi connectivity index (χ3v) is 6.98. The minimum atomic E-state index is -1.55. The van der Waals surface area contributed by atoms with E-state index in [-0.39, 0.29) is 31.8 Å². The molecule has 4 atom stereocenters. The number of nitrogens with two attached hydrogens (primary N) is 3. The maximum Gasteiger partial charge on any atom is 0.305 e. The van der Waals surface area contributed by atoms with Crippen molar-refractivity contribution in [3.63, 3.8) is 0 Å². The second-order valence-corrected chi connectivity index (χ2v) is 10.4. The van der Waals surface area contributed by atoms with Crippen LogP contribution >= 0.6 is 0 Å². The zero-order valence-corrected chi connectivity index (χ0v) is 24.8. The number of carbonyl (C=O) groups excluding carboxylic acids is 5. The SMILES string of the molecule is CN1C(=O)[C@@H](Cc2ccccc2)NC(=O)[C@H](CC(=O)O)NC(=O)CNC(=O)[C@H](CCCN=C(N)N)NC(=O)[C@@H]1CCCCN. The molecule has 1 heterocycles. The highest BCUT2D eigenvalue weighted by molar-refractivity contribution is 5.98. The number of carboxylic acid groups (broad SMARTS) is 1. The van der Waals surface area contributed by atoms with Crippen LogP contribution in [0.4, 0.5) is 0 Å². The summed E-state index contributed by atoms with van der Waals surface area (Å²) in [6.07, 6.45) is 0.915. The average molecular weight is 618 g/mol. The number of nitrogens with zero attached hydrogens (tertiary/aromatic N) is 2. The predicted octanol–water partition coefficient (Wildman–Crippen LogP) is -2.70. The highest BCUT2D eigenvalue weighted by Gasteiger charge is 2.36. The van der Waals surface area contributed by atoms with Gasteiger partial charge in [0.05, 0.1) is 13.0 Å². The van der Waals surface area contributed by atoms with Gasteiger partial charge in [0, 0.05) is 20.0 Å². The molecule has 11 N–H and O–H groups in total. The standard InChI is InChI=1S/C28H43N9O7/c1-37-21(11-5-6-12-29)26(43)35-18(10-7-13-32-28(30)31)24(41)33-16-22(38)34-19(15-23(39)40)25(42)36-20(27(37)44)14-17-8-3-2-4-9-17/h2-4,8-9,18-21H,5-7,10-16,29H2,1H3,(H,33,41)(H,34,38)(H,35,43)(H,36,42)(H,39,40)(H4,30,31,32)/t18-,19-,20+,21-/m0/s1. The number of aliphatic carboxylic acids is 1. The number of unbranched alkanes of at least 4 members (excludes halogenated alkanes) is 1. The average Bonchev–Trinajstić information content (AvgIpc) is 2.98. The summed E-state index contributed by atoms with van der Waals surface area (Å²) in [6, 6.07) is 3.87. The molecule has 0 aromatic heterocycles. The number of nitrogens with one attached hydrogen (secondary N) is 4. The van der Waals surface area contributed by atoms with Gasteiger partial charge in [-0.1, -0.05) is 30.3 Å². The number of guanidine groups is 1. The molecule has 0 spiro atoms. The van der Waals surface area contributed by atoms with Crippen molar-refractivity contribution in [1.82, 2.24) is 26.2 Å². The first-order valence-corrected chi connectivity index (χ1v) is 14.4. The van der Waals surface area contributed by atoms with Crippen LogP contribution in [0.3, 0.4) is 0 Å². The highest BCUT2D eigenvalue weighted by atomic mass is 16.4. The van der Waals surface area contributed by atoms with Crippen LogP contribution in [0.1, 0.15) is 44.1 Å². The summed E-state index contributed by atoms with van der Waals surface area (Å²) in [7, 11) is 1.42. The van der Waals surface area contributed by atoms with Gasteiger partial charge in [-0.3, -0.25) is 33.8 Å².